The van der Waals surface area contributed by atoms with Crippen LogP contribution in [0, 0.1) is 26.7 Å². The molecule has 4 rings (SSSR count). The molecule has 67 heavy (non-hydrogen) atoms. The first-order valence-electron chi connectivity index (χ1n) is 26.4. The monoisotopic (exact) mass is 1070 g/mol. The average molecular weight is 1070 g/mol. The van der Waals surface area contributed by atoms with Crippen LogP contribution >= 0.6 is 0 Å². The van der Waals surface area contributed by atoms with Crippen molar-refractivity contribution < 1.29 is 0 Å². The highest BCUT2D eigenvalue weighted by Gasteiger charge is 2.57. The summed E-state index contributed by atoms with van der Waals surface area (Å²) in [6, 6.07) is 8.95. The first-order chi connectivity index (χ1) is 29.4. The fourth-order valence-electron chi connectivity index (χ4n) is 13.1. The minimum absolute atomic E-state index is 0.370. The van der Waals surface area contributed by atoms with Crippen LogP contribution in [0.2, 0.25) is 177 Å². The molecule has 0 bridgehead atoms. The first-order valence-corrected chi connectivity index (χ1v) is 59.9. The molecule has 0 radical (unpaired) electrons. The summed E-state index contributed by atoms with van der Waals surface area (Å²) < 4.78 is 0. The highest BCUT2D eigenvalue weighted by Crippen LogP contribution is 2.42. The Bertz CT molecular complexity index is 2280. The maximum absolute atomic E-state index is 3.32. The Morgan fingerprint density at radius 3 is 0.612 bits per heavy atom. The van der Waals surface area contributed by atoms with E-state index < -0.39 is 80.7 Å². The highest BCUT2D eigenvalue weighted by atomic mass is 28.3. The minimum Gasteiger partial charge on any atom is -0.0656 e. The fraction of sp³-hybridized carbons (Fsp3) is 0.614. The predicted molar refractivity (Wildman–Crippen MR) is 345 cm³/mol. The maximum atomic E-state index is 2.98. The summed E-state index contributed by atoms with van der Waals surface area (Å²) in [6.45, 7) is 91.5. The van der Waals surface area contributed by atoms with E-state index in [0.29, 0.717) is 5.92 Å². The van der Waals surface area contributed by atoms with Gasteiger partial charge in [0.1, 0.15) is 0 Å². The Kier molecular flexibility index (Phi) is 15.9. The third-order valence-electron chi connectivity index (χ3n) is 16.0. The summed E-state index contributed by atoms with van der Waals surface area (Å²) in [6.07, 6.45) is 0. The number of rotatable bonds is 13. The lowest BCUT2D eigenvalue weighted by Gasteiger charge is -2.51. The van der Waals surface area contributed by atoms with Crippen molar-refractivity contribution in [1.29, 1.82) is 0 Å². The normalized spacial score (nSPS) is 16.8. The third kappa shape index (κ3) is 10.6. The maximum Gasteiger partial charge on any atom is 0.176 e. The first kappa shape index (κ1) is 58.9. The van der Waals surface area contributed by atoms with Crippen LogP contribution in [0.4, 0.5) is 0 Å². The molecule has 0 amide bonds. The van der Waals surface area contributed by atoms with Gasteiger partial charge in [0, 0.05) is 0 Å². The van der Waals surface area contributed by atoms with Gasteiger partial charge in [0.05, 0.1) is 72.7 Å². The van der Waals surface area contributed by atoms with E-state index in [0.717, 1.165) is 0 Å². The van der Waals surface area contributed by atoms with E-state index in [1.54, 1.807) is 64.5 Å². The molecule has 0 spiro atoms. The molecule has 3 aromatic rings. The molecule has 0 aromatic heterocycles. The molecule has 0 N–H and O–H groups in total. The van der Waals surface area contributed by atoms with Crippen molar-refractivity contribution in [2.24, 2.45) is 5.92 Å². The average Bonchev–Trinajstić information content (AvgIpc) is 3.26. The summed E-state index contributed by atoms with van der Waals surface area (Å²) in [4.78, 5) is 0. The van der Waals surface area contributed by atoms with E-state index in [1.165, 1.54) is 0 Å². The number of allylic oxidation sites excluding steroid dienone is 4. The van der Waals surface area contributed by atoms with Crippen LogP contribution < -0.4 is 62.2 Å². The lowest BCUT2D eigenvalue weighted by Crippen LogP contribution is -2.85. The molecule has 1 atom stereocenters. The second-order valence-corrected chi connectivity index (χ2v) is 79.9. The number of benzene rings is 3. The Morgan fingerprint density at radius 1 is 0.269 bits per heavy atom. The van der Waals surface area contributed by atoms with Crippen molar-refractivity contribution >= 4 is 143 Å². The molecule has 1 aliphatic rings. The van der Waals surface area contributed by atoms with Gasteiger partial charge in [-0.05, 0) is 68.6 Å². The molecule has 0 aliphatic heterocycles. The Labute approximate surface area is 427 Å². The second-order valence-electron chi connectivity index (χ2n) is 31.1. The topological polar surface area (TPSA) is 0 Å². The zero-order chi connectivity index (χ0) is 52.7. The minimum atomic E-state index is -3.32. The van der Waals surface area contributed by atoms with Gasteiger partial charge in [-0.1, -0.05) is 282 Å². The second kappa shape index (κ2) is 18.1. The molecule has 0 saturated heterocycles. The van der Waals surface area contributed by atoms with Crippen LogP contribution in [0.1, 0.15) is 44.4 Å². The van der Waals surface area contributed by atoms with E-state index in [1.807, 2.05) is 36.3 Å². The van der Waals surface area contributed by atoms with Crippen LogP contribution in [-0.2, 0) is 0 Å². The van der Waals surface area contributed by atoms with Gasteiger partial charge < -0.3 is 0 Å². The van der Waals surface area contributed by atoms with E-state index in [2.05, 4.69) is 243 Å². The predicted octanol–water partition coefficient (Wildman–Crippen LogP) is 10.8. The standard InChI is InChI=1S/C57H106Si10/c1-38-39(2)41(4)51(40(38)3)67(55-42(5)52(64(26,27)28)45(58(8,9)10)35-48(55)61(17,18)19,56-43(6)53(65(29,30)31)46(59(11,12)13)36-49(56)62(20,21)22)57-44(7)54(66(32,33)34)47(60(14,15)16)37-50(57)63(23,24)25/h35-37,40H,1-34H3. The van der Waals surface area contributed by atoms with E-state index >= 15 is 0 Å². The quantitative estimate of drug-likeness (QED) is 0.118. The smallest absolute Gasteiger partial charge is 0.0656 e. The highest BCUT2D eigenvalue weighted by molar-refractivity contribution is 7.24. The number of hydrogen-bond acceptors (Lipinski definition) is 0. The van der Waals surface area contributed by atoms with Crippen molar-refractivity contribution in [1.82, 2.24) is 0 Å². The van der Waals surface area contributed by atoms with Gasteiger partial charge in [-0.25, -0.2) is 0 Å². The molecule has 0 saturated carbocycles. The van der Waals surface area contributed by atoms with Gasteiger partial charge in [0.15, 0.2) is 8.07 Å². The largest absolute Gasteiger partial charge is 0.176 e. The van der Waals surface area contributed by atoms with Gasteiger partial charge in [0.25, 0.3) is 0 Å². The van der Waals surface area contributed by atoms with Crippen LogP contribution in [0.5, 0.6) is 0 Å². The molecule has 1 unspecified atom stereocenters. The van der Waals surface area contributed by atoms with Crippen LogP contribution in [0.3, 0.4) is 0 Å². The molecular formula is C57H106Si10. The van der Waals surface area contributed by atoms with Gasteiger partial charge >= 0.3 is 0 Å². The summed E-state index contributed by atoms with van der Waals surface area (Å²) in [5.41, 5.74) is 10.0. The summed E-state index contributed by atoms with van der Waals surface area (Å²) in [5.74, 6) is 0.370. The van der Waals surface area contributed by atoms with Gasteiger partial charge in [-0.15, -0.1) is 0 Å². The van der Waals surface area contributed by atoms with E-state index in [4.69, 9.17) is 0 Å². The zero-order valence-corrected chi connectivity index (χ0v) is 60.8. The van der Waals surface area contributed by atoms with Gasteiger partial charge in [0.2, 0.25) is 0 Å². The molecule has 3 aromatic carbocycles. The molecular weight excluding hydrogens is 965 g/mol. The lowest BCUT2D eigenvalue weighted by atomic mass is 10.1. The Morgan fingerprint density at radius 2 is 0.463 bits per heavy atom. The molecule has 10 heteroatoms. The van der Waals surface area contributed by atoms with Gasteiger partial charge in [-0.3, -0.25) is 0 Å². The van der Waals surface area contributed by atoms with Crippen LogP contribution in [-0.4, -0.2) is 80.7 Å². The third-order valence-corrected chi connectivity index (χ3v) is 41.8. The van der Waals surface area contributed by atoms with Crippen LogP contribution in [0.15, 0.2) is 40.1 Å². The number of hydrogen-bond donors (Lipinski definition) is 0. The van der Waals surface area contributed by atoms with Crippen molar-refractivity contribution in [3.63, 3.8) is 0 Å². The van der Waals surface area contributed by atoms with Crippen molar-refractivity contribution in [2.45, 2.75) is 225 Å². The molecule has 0 nitrogen and oxygen atoms in total. The SMILES string of the molecule is CC1=C(C)C(C)C([Si](c2c([Si](C)(C)C)cc([Si](C)(C)C)c([Si](C)(C)C)c2C)(c2c([Si](C)(C)C)cc([Si](C)(C)C)c([Si](C)(C)C)c2C)c2c([Si](C)(C)C)cc([Si](C)(C)C)c([Si](C)(C)C)c2C)=C1C. The van der Waals surface area contributed by atoms with Crippen molar-refractivity contribution in [3.8, 4) is 0 Å². The van der Waals surface area contributed by atoms with Crippen molar-refractivity contribution in [2.75, 3.05) is 0 Å². The van der Waals surface area contributed by atoms with Crippen molar-refractivity contribution in [3.05, 3.63) is 56.8 Å². The van der Waals surface area contributed by atoms with Crippen LogP contribution in [0.25, 0.3) is 0 Å². The molecule has 1 aliphatic carbocycles. The van der Waals surface area contributed by atoms with Gasteiger partial charge in [-0.2, -0.15) is 0 Å². The molecule has 0 heterocycles. The van der Waals surface area contributed by atoms with E-state index in [-0.39, 0.29) is 0 Å². The molecule has 374 valence electrons. The summed E-state index contributed by atoms with van der Waals surface area (Å²) >= 11 is 0. The Balaban J connectivity index is 2.99. The zero-order valence-electron chi connectivity index (χ0n) is 50.8. The lowest BCUT2D eigenvalue weighted by molar-refractivity contribution is 0.851. The summed E-state index contributed by atoms with van der Waals surface area (Å²) in [5, 5.41) is 23.7. The Hall–Kier alpha value is -0.691. The van der Waals surface area contributed by atoms with E-state index in [9.17, 15) is 0 Å². The fourth-order valence-corrected chi connectivity index (χ4v) is 47.9. The summed E-state index contributed by atoms with van der Waals surface area (Å²) in [7, 11) is -20.6. The molecule has 0 fully saturated rings.